The number of carbonyl (C=O) groups excluding carboxylic acids is 3. The highest BCUT2D eigenvalue weighted by atomic mass is 79.9. The number of cyclic esters (lactones) is 1. The van der Waals surface area contributed by atoms with E-state index in [0.29, 0.717) is 38.1 Å². The molecule has 2 aliphatic rings. The maximum Gasteiger partial charge on any atom is 0.416 e. The number of imide groups is 1. The van der Waals surface area contributed by atoms with Crippen LogP contribution in [0.2, 0.25) is 0 Å². The van der Waals surface area contributed by atoms with E-state index in [1.807, 2.05) is 69.3 Å². The van der Waals surface area contributed by atoms with Crippen molar-refractivity contribution in [2.24, 2.45) is 11.8 Å². The third kappa shape index (κ3) is 6.87. The molecule has 9 heteroatoms. The monoisotopic (exact) mass is 586 g/mol. The minimum absolute atomic E-state index is 0.147. The van der Waals surface area contributed by atoms with Crippen LogP contribution in [-0.4, -0.2) is 66.3 Å². The molecule has 0 aromatic heterocycles. The van der Waals surface area contributed by atoms with E-state index in [0.717, 1.165) is 15.6 Å². The van der Waals surface area contributed by atoms with Gasteiger partial charge in [0, 0.05) is 23.5 Å². The maximum absolute atomic E-state index is 14.1. The molecule has 38 heavy (non-hydrogen) atoms. The Balaban J connectivity index is 1.60. The van der Waals surface area contributed by atoms with Crippen molar-refractivity contribution >= 4 is 34.0 Å². The first-order valence-corrected chi connectivity index (χ1v) is 13.7. The van der Waals surface area contributed by atoms with Crippen LogP contribution in [0.4, 0.5) is 9.59 Å². The molecule has 8 nitrogen and oxygen atoms in total. The molecule has 0 aliphatic carbocycles. The Morgan fingerprint density at radius 3 is 2.55 bits per heavy atom. The molecule has 0 radical (unpaired) electrons. The van der Waals surface area contributed by atoms with Crippen molar-refractivity contribution < 1.29 is 28.6 Å². The largest absolute Gasteiger partial charge is 0.497 e. The van der Waals surface area contributed by atoms with E-state index in [1.165, 1.54) is 4.90 Å². The highest BCUT2D eigenvalue weighted by molar-refractivity contribution is 9.10. The van der Waals surface area contributed by atoms with Gasteiger partial charge in [-0.25, -0.2) is 14.5 Å². The van der Waals surface area contributed by atoms with E-state index in [2.05, 4.69) is 15.9 Å². The lowest BCUT2D eigenvalue weighted by atomic mass is 9.84. The van der Waals surface area contributed by atoms with Crippen molar-refractivity contribution in [1.29, 1.82) is 0 Å². The molecule has 3 amide bonds. The molecule has 3 atom stereocenters. The fourth-order valence-electron chi connectivity index (χ4n) is 5.12. The van der Waals surface area contributed by atoms with Gasteiger partial charge in [-0.2, -0.15) is 0 Å². The Bertz CT molecular complexity index is 1170. The van der Waals surface area contributed by atoms with Crippen LogP contribution in [0.3, 0.4) is 0 Å². The lowest BCUT2D eigenvalue weighted by Gasteiger charge is -2.29. The summed E-state index contributed by atoms with van der Waals surface area (Å²) in [5.74, 6) is -0.288. The molecule has 0 N–H and O–H groups in total. The third-order valence-corrected chi connectivity index (χ3v) is 7.36. The van der Waals surface area contributed by atoms with Gasteiger partial charge in [-0.1, -0.05) is 46.3 Å². The number of likely N-dealkylation sites (tertiary alicyclic amines) is 1. The molecule has 204 valence electrons. The van der Waals surface area contributed by atoms with E-state index < -0.39 is 23.7 Å². The van der Waals surface area contributed by atoms with Crippen molar-refractivity contribution in [2.45, 2.75) is 51.7 Å². The number of hydrogen-bond acceptors (Lipinski definition) is 6. The number of ether oxygens (including phenoxy) is 3. The summed E-state index contributed by atoms with van der Waals surface area (Å²) in [4.78, 5) is 42.7. The van der Waals surface area contributed by atoms with Crippen LogP contribution in [0.1, 0.15) is 38.3 Å². The van der Waals surface area contributed by atoms with Gasteiger partial charge < -0.3 is 19.1 Å². The molecule has 2 heterocycles. The highest BCUT2D eigenvalue weighted by Crippen LogP contribution is 2.33. The van der Waals surface area contributed by atoms with E-state index in [-0.39, 0.29) is 24.5 Å². The lowest BCUT2D eigenvalue weighted by molar-refractivity contribution is -0.135. The van der Waals surface area contributed by atoms with E-state index in [1.54, 1.807) is 12.0 Å². The van der Waals surface area contributed by atoms with Crippen molar-refractivity contribution in [3.8, 4) is 5.75 Å². The minimum atomic E-state index is -0.616. The van der Waals surface area contributed by atoms with Gasteiger partial charge in [0.1, 0.15) is 18.0 Å². The molecule has 0 spiro atoms. The molecule has 4 rings (SSSR count). The Labute approximate surface area is 232 Å². The first-order chi connectivity index (χ1) is 18.0. The molecule has 0 unspecified atom stereocenters. The van der Waals surface area contributed by atoms with Crippen LogP contribution in [0, 0.1) is 11.8 Å². The number of benzene rings is 2. The number of nitrogens with zero attached hydrogens (tertiary/aromatic N) is 2. The van der Waals surface area contributed by atoms with Crippen LogP contribution in [0.5, 0.6) is 5.75 Å². The van der Waals surface area contributed by atoms with Crippen molar-refractivity contribution in [2.75, 3.05) is 26.8 Å². The Morgan fingerprint density at radius 2 is 1.87 bits per heavy atom. The molecule has 2 aliphatic heterocycles. The average molecular weight is 588 g/mol. The molecule has 2 aromatic rings. The standard InChI is InChI=1S/C29H35BrN2O6/c1-29(2,3)38-27(34)31-11-10-21(17-31)25(15-20-12-22(30)16-24(14-20)36-4)26(33)32-23(18-37-28(32)35)13-19-8-6-5-7-9-19/h5-9,12,14,16,21,23,25H,10-11,13,15,17-18H2,1-4H3/t21-,23-,25-/m0/s1. The van der Waals surface area contributed by atoms with Gasteiger partial charge in [0.25, 0.3) is 0 Å². The Kier molecular flexibility index (Phi) is 8.65. The molecular weight excluding hydrogens is 552 g/mol. The van der Waals surface area contributed by atoms with Crippen LogP contribution in [0.15, 0.2) is 53.0 Å². The molecule has 0 bridgehead atoms. The second kappa shape index (κ2) is 11.8. The summed E-state index contributed by atoms with van der Waals surface area (Å²) in [6.45, 7) is 6.52. The van der Waals surface area contributed by atoms with Gasteiger partial charge in [0.05, 0.1) is 13.2 Å². The molecule has 2 aromatic carbocycles. The Morgan fingerprint density at radius 1 is 1.13 bits per heavy atom. The summed E-state index contributed by atoms with van der Waals surface area (Å²) in [6, 6.07) is 15.1. The van der Waals surface area contributed by atoms with E-state index >= 15 is 0 Å². The van der Waals surface area contributed by atoms with Gasteiger partial charge in [-0.15, -0.1) is 0 Å². The lowest BCUT2D eigenvalue weighted by Crippen LogP contribution is -2.46. The van der Waals surface area contributed by atoms with Crippen LogP contribution in [-0.2, 0) is 27.1 Å². The highest BCUT2D eigenvalue weighted by Gasteiger charge is 2.45. The smallest absolute Gasteiger partial charge is 0.416 e. The normalized spacial score (nSPS) is 20.3. The van der Waals surface area contributed by atoms with Gasteiger partial charge in [-0.05, 0) is 75.3 Å². The SMILES string of the molecule is COc1cc(Br)cc(C[C@H](C(=O)N2C(=O)OC[C@@H]2Cc2ccccc2)[C@H]2CCN(C(=O)OC(C)(C)C)C2)c1. The molecule has 2 fully saturated rings. The first-order valence-electron chi connectivity index (χ1n) is 12.9. The summed E-state index contributed by atoms with van der Waals surface area (Å²) in [7, 11) is 1.60. The van der Waals surface area contributed by atoms with Crippen molar-refractivity contribution in [3.63, 3.8) is 0 Å². The number of hydrogen-bond donors (Lipinski definition) is 0. The average Bonchev–Trinajstić information content (AvgIpc) is 3.48. The van der Waals surface area contributed by atoms with E-state index in [9.17, 15) is 14.4 Å². The fraction of sp³-hybridized carbons (Fsp3) is 0.483. The fourth-order valence-corrected chi connectivity index (χ4v) is 5.64. The number of halogens is 1. The zero-order chi connectivity index (χ0) is 27.4. The van der Waals surface area contributed by atoms with Crippen molar-refractivity contribution in [3.05, 3.63) is 64.1 Å². The van der Waals surface area contributed by atoms with Crippen LogP contribution in [0.25, 0.3) is 0 Å². The van der Waals surface area contributed by atoms with Gasteiger partial charge >= 0.3 is 12.2 Å². The predicted octanol–water partition coefficient (Wildman–Crippen LogP) is 5.46. The topological polar surface area (TPSA) is 85.4 Å². The quantitative estimate of drug-likeness (QED) is 0.428. The van der Waals surface area contributed by atoms with Crippen molar-refractivity contribution in [1.82, 2.24) is 9.80 Å². The zero-order valence-electron chi connectivity index (χ0n) is 22.3. The summed E-state index contributed by atoms with van der Waals surface area (Å²) >= 11 is 3.52. The predicted molar refractivity (Wildman–Crippen MR) is 146 cm³/mol. The Hall–Kier alpha value is -3.07. The summed E-state index contributed by atoms with van der Waals surface area (Å²) in [5, 5.41) is 0. The van der Waals surface area contributed by atoms with E-state index in [4.69, 9.17) is 14.2 Å². The van der Waals surface area contributed by atoms with Crippen LogP contribution >= 0.6 is 15.9 Å². The third-order valence-electron chi connectivity index (χ3n) is 6.90. The molecule has 2 saturated heterocycles. The number of carbonyl (C=O) groups is 3. The second-order valence-corrected chi connectivity index (χ2v) is 11.8. The van der Waals surface area contributed by atoms with Gasteiger partial charge in [-0.3, -0.25) is 4.79 Å². The van der Waals surface area contributed by atoms with Gasteiger partial charge in [0.15, 0.2) is 0 Å². The van der Waals surface area contributed by atoms with Gasteiger partial charge in [0.2, 0.25) is 5.91 Å². The zero-order valence-corrected chi connectivity index (χ0v) is 23.9. The summed E-state index contributed by atoms with van der Waals surface area (Å²) in [5.41, 5.74) is 1.32. The summed E-state index contributed by atoms with van der Waals surface area (Å²) < 4.78 is 17.2. The van der Waals surface area contributed by atoms with Crippen LogP contribution < -0.4 is 4.74 Å². The molecular formula is C29H35BrN2O6. The number of amides is 3. The number of rotatable bonds is 7. The molecule has 0 saturated carbocycles. The maximum atomic E-state index is 14.1. The number of methoxy groups -OCH3 is 1. The first kappa shape index (κ1) is 28.0. The second-order valence-electron chi connectivity index (χ2n) is 10.9. The summed E-state index contributed by atoms with van der Waals surface area (Å²) in [6.07, 6.45) is 0.536. The minimum Gasteiger partial charge on any atom is -0.497 e.